The van der Waals surface area contributed by atoms with Crippen molar-refractivity contribution in [1.29, 1.82) is 0 Å². The van der Waals surface area contributed by atoms with Crippen LogP contribution in [0.3, 0.4) is 0 Å². The van der Waals surface area contributed by atoms with Crippen LogP contribution < -0.4 is 0 Å². The molecule has 1 aromatic carbocycles. The van der Waals surface area contributed by atoms with Crippen molar-refractivity contribution in [3.63, 3.8) is 0 Å². The number of nitrogens with zero attached hydrogens (tertiary/aromatic N) is 4. The number of rotatable bonds is 4. The summed E-state index contributed by atoms with van der Waals surface area (Å²) in [7, 11) is 0. The van der Waals surface area contributed by atoms with Gasteiger partial charge < -0.3 is 14.7 Å². The average molecular weight is 337 g/mol. The number of benzene rings is 1. The molecule has 6 heteroatoms. The molecule has 0 radical (unpaired) electrons. The van der Waals surface area contributed by atoms with E-state index in [-0.39, 0.29) is 5.92 Å². The summed E-state index contributed by atoms with van der Waals surface area (Å²) in [6, 6.07) is 7.89. The van der Waals surface area contributed by atoms with E-state index < -0.39 is 0 Å². The standard InChI is InChI=1S/C19H23N5O/c1-13(2)24-12-20-7-15(24)8-23-9-17(14-4-3-5-16(25)6-14)19-18(10-23)21-11-22-19/h3-7,11-13,17,25H,8-10H2,1-2H3,(H,21,22). The summed E-state index contributed by atoms with van der Waals surface area (Å²) >= 11 is 0. The van der Waals surface area contributed by atoms with E-state index >= 15 is 0 Å². The first-order valence-corrected chi connectivity index (χ1v) is 8.66. The lowest BCUT2D eigenvalue weighted by molar-refractivity contribution is 0.221. The van der Waals surface area contributed by atoms with Gasteiger partial charge in [-0.25, -0.2) is 9.97 Å². The molecule has 130 valence electrons. The zero-order valence-corrected chi connectivity index (χ0v) is 14.6. The average Bonchev–Trinajstić information content (AvgIpc) is 3.23. The number of aromatic amines is 1. The number of phenolic OH excluding ortho intramolecular Hbond substituents is 1. The smallest absolute Gasteiger partial charge is 0.115 e. The highest BCUT2D eigenvalue weighted by Gasteiger charge is 2.29. The largest absolute Gasteiger partial charge is 0.508 e. The van der Waals surface area contributed by atoms with Gasteiger partial charge in [0, 0.05) is 37.8 Å². The van der Waals surface area contributed by atoms with Crippen LogP contribution in [0.5, 0.6) is 5.75 Å². The van der Waals surface area contributed by atoms with Crippen molar-refractivity contribution in [2.75, 3.05) is 6.54 Å². The SMILES string of the molecule is CC(C)n1cncc1CN1Cc2[nH]cnc2C(c2cccc(O)c2)C1. The van der Waals surface area contributed by atoms with Crippen molar-refractivity contribution in [2.24, 2.45) is 0 Å². The highest BCUT2D eigenvalue weighted by Crippen LogP contribution is 2.33. The van der Waals surface area contributed by atoms with Crippen LogP contribution in [0, 0.1) is 0 Å². The lowest BCUT2D eigenvalue weighted by Crippen LogP contribution is -2.34. The van der Waals surface area contributed by atoms with E-state index in [0.29, 0.717) is 11.8 Å². The van der Waals surface area contributed by atoms with E-state index in [1.165, 1.54) is 5.69 Å². The van der Waals surface area contributed by atoms with Crippen LogP contribution in [0.1, 0.15) is 48.5 Å². The fourth-order valence-corrected chi connectivity index (χ4v) is 3.67. The Morgan fingerprint density at radius 3 is 3.04 bits per heavy atom. The van der Waals surface area contributed by atoms with Gasteiger partial charge in [0.1, 0.15) is 5.75 Å². The Bertz CT molecular complexity index is 866. The third-order valence-corrected chi connectivity index (χ3v) is 4.86. The van der Waals surface area contributed by atoms with Gasteiger partial charge in [-0.15, -0.1) is 0 Å². The first-order chi connectivity index (χ1) is 12.1. The van der Waals surface area contributed by atoms with Gasteiger partial charge in [0.15, 0.2) is 0 Å². The molecule has 4 rings (SSSR count). The van der Waals surface area contributed by atoms with Gasteiger partial charge in [0.2, 0.25) is 0 Å². The zero-order valence-electron chi connectivity index (χ0n) is 14.6. The van der Waals surface area contributed by atoms with Crippen LogP contribution in [0.2, 0.25) is 0 Å². The minimum atomic E-state index is 0.150. The molecule has 6 nitrogen and oxygen atoms in total. The molecule has 25 heavy (non-hydrogen) atoms. The number of aromatic hydroxyl groups is 1. The fraction of sp³-hybridized carbons (Fsp3) is 0.368. The van der Waals surface area contributed by atoms with Crippen molar-refractivity contribution >= 4 is 0 Å². The van der Waals surface area contributed by atoms with Gasteiger partial charge in [0.25, 0.3) is 0 Å². The molecule has 3 heterocycles. The fourth-order valence-electron chi connectivity index (χ4n) is 3.67. The third kappa shape index (κ3) is 3.05. The summed E-state index contributed by atoms with van der Waals surface area (Å²) in [4.78, 5) is 14.5. The van der Waals surface area contributed by atoms with Gasteiger partial charge in [-0.1, -0.05) is 12.1 Å². The normalized spacial score (nSPS) is 17.8. The number of nitrogens with one attached hydrogen (secondary N) is 1. The highest BCUT2D eigenvalue weighted by atomic mass is 16.3. The first kappa shape index (κ1) is 15.9. The van der Waals surface area contributed by atoms with Crippen LogP contribution in [0.4, 0.5) is 0 Å². The van der Waals surface area contributed by atoms with Crippen LogP contribution in [-0.2, 0) is 13.1 Å². The van der Waals surface area contributed by atoms with E-state index in [1.54, 1.807) is 12.4 Å². The monoisotopic (exact) mass is 337 g/mol. The number of H-pyrrole nitrogens is 1. The molecule has 0 amide bonds. The maximum Gasteiger partial charge on any atom is 0.115 e. The predicted molar refractivity (Wildman–Crippen MR) is 95.3 cm³/mol. The lowest BCUT2D eigenvalue weighted by Gasteiger charge is -2.32. The van der Waals surface area contributed by atoms with Crippen LogP contribution in [0.25, 0.3) is 0 Å². The van der Waals surface area contributed by atoms with Gasteiger partial charge in [-0.2, -0.15) is 0 Å². The van der Waals surface area contributed by atoms with E-state index in [2.05, 4.69) is 44.3 Å². The second-order valence-corrected chi connectivity index (χ2v) is 6.97. The predicted octanol–water partition coefficient (Wildman–Crippen LogP) is 3.04. The summed E-state index contributed by atoms with van der Waals surface area (Å²) in [6.45, 7) is 6.89. The quantitative estimate of drug-likeness (QED) is 0.768. The molecule has 1 atom stereocenters. The lowest BCUT2D eigenvalue weighted by atomic mass is 9.90. The second kappa shape index (κ2) is 6.37. The van der Waals surface area contributed by atoms with E-state index in [0.717, 1.165) is 36.6 Å². The van der Waals surface area contributed by atoms with E-state index in [9.17, 15) is 5.11 Å². The van der Waals surface area contributed by atoms with Crippen LogP contribution >= 0.6 is 0 Å². The number of hydrogen-bond acceptors (Lipinski definition) is 4. The summed E-state index contributed by atoms with van der Waals surface area (Å²) in [5.74, 6) is 0.446. The number of aromatic nitrogens is 4. The number of hydrogen-bond donors (Lipinski definition) is 2. The summed E-state index contributed by atoms with van der Waals surface area (Å²) in [5, 5.41) is 9.86. The molecule has 0 fully saturated rings. The molecule has 1 unspecified atom stereocenters. The Hall–Kier alpha value is -2.60. The minimum absolute atomic E-state index is 0.150. The van der Waals surface area contributed by atoms with Crippen LogP contribution in [-0.4, -0.2) is 36.1 Å². The molecule has 3 aromatic rings. The highest BCUT2D eigenvalue weighted by molar-refractivity contribution is 5.37. The summed E-state index contributed by atoms with van der Waals surface area (Å²) in [5.41, 5.74) is 4.54. The van der Waals surface area contributed by atoms with Crippen molar-refractivity contribution in [3.05, 3.63) is 65.8 Å². The number of phenols is 1. The number of fused-ring (bicyclic) bond motifs is 1. The Kier molecular flexibility index (Phi) is 4.05. The van der Waals surface area contributed by atoms with E-state index in [4.69, 9.17) is 0 Å². The molecule has 0 spiro atoms. The minimum Gasteiger partial charge on any atom is -0.508 e. The van der Waals surface area contributed by atoms with Crippen molar-refractivity contribution in [1.82, 2.24) is 24.4 Å². The maximum atomic E-state index is 9.86. The Morgan fingerprint density at radius 1 is 1.36 bits per heavy atom. The number of imidazole rings is 2. The first-order valence-electron chi connectivity index (χ1n) is 8.66. The van der Waals surface area contributed by atoms with Gasteiger partial charge in [-0.05, 0) is 31.5 Å². The van der Waals surface area contributed by atoms with Crippen molar-refractivity contribution in [2.45, 2.75) is 38.9 Å². The van der Waals surface area contributed by atoms with Crippen molar-refractivity contribution < 1.29 is 5.11 Å². The van der Waals surface area contributed by atoms with E-state index in [1.807, 2.05) is 24.7 Å². The molecule has 2 N–H and O–H groups in total. The molecule has 0 saturated carbocycles. The molecule has 0 aliphatic carbocycles. The van der Waals surface area contributed by atoms with Crippen molar-refractivity contribution in [3.8, 4) is 5.75 Å². The molecule has 2 aromatic heterocycles. The molecular weight excluding hydrogens is 314 g/mol. The molecule has 1 aliphatic rings. The van der Waals surface area contributed by atoms with Gasteiger partial charge >= 0.3 is 0 Å². The zero-order chi connectivity index (χ0) is 17.4. The van der Waals surface area contributed by atoms with Crippen LogP contribution in [0.15, 0.2) is 43.1 Å². The topological polar surface area (TPSA) is 70.0 Å². The molecular formula is C19H23N5O. The summed E-state index contributed by atoms with van der Waals surface area (Å²) < 4.78 is 2.21. The Labute approximate surface area is 147 Å². The summed E-state index contributed by atoms with van der Waals surface area (Å²) in [6.07, 6.45) is 5.62. The van der Waals surface area contributed by atoms with Gasteiger partial charge in [0.05, 0.1) is 29.7 Å². The molecule has 1 aliphatic heterocycles. The third-order valence-electron chi connectivity index (χ3n) is 4.86. The Morgan fingerprint density at radius 2 is 2.24 bits per heavy atom. The Balaban J connectivity index is 1.63. The molecule has 0 saturated heterocycles. The second-order valence-electron chi connectivity index (χ2n) is 6.97. The molecule has 0 bridgehead atoms. The maximum absolute atomic E-state index is 9.86. The van der Waals surface area contributed by atoms with Gasteiger partial charge in [-0.3, -0.25) is 4.90 Å².